The highest BCUT2D eigenvalue weighted by Gasteiger charge is 2.27. The lowest BCUT2D eigenvalue weighted by Gasteiger charge is -2.40. The first-order valence-corrected chi connectivity index (χ1v) is 7.55. The van der Waals surface area contributed by atoms with Crippen LogP contribution in [0.3, 0.4) is 0 Å². The molecule has 1 atom stereocenters. The molecule has 112 valence electrons. The van der Waals surface area contributed by atoms with Gasteiger partial charge in [0.15, 0.2) is 0 Å². The van der Waals surface area contributed by atoms with E-state index >= 15 is 0 Å². The van der Waals surface area contributed by atoms with Crippen LogP contribution in [0.2, 0.25) is 0 Å². The molecule has 1 aliphatic heterocycles. The van der Waals surface area contributed by atoms with E-state index in [0.717, 1.165) is 39.3 Å². The molecule has 1 aromatic carbocycles. The zero-order valence-electron chi connectivity index (χ0n) is 12.7. The fraction of sp³-hybridized carbons (Fsp3) is 0.625. The first kappa shape index (κ1) is 15.3. The van der Waals surface area contributed by atoms with E-state index in [0.29, 0.717) is 0 Å². The number of nitrogens with one attached hydrogen (secondary N) is 1. The Labute approximate surface area is 122 Å². The van der Waals surface area contributed by atoms with Gasteiger partial charge in [-0.15, -0.1) is 0 Å². The molecule has 1 aliphatic rings. The number of likely N-dealkylation sites (N-methyl/N-ethyl adjacent to an activating group) is 1. The Kier molecular flexibility index (Phi) is 5.40. The maximum Gasteiger partial charge on any atom is 0.0623 e. The summed E-state index contributed by atoms with van der Waals surface area (Å²) in [6.45, 7) is 10.4. The Balaban J connectivity index is 1.85. The maximum absolute atomic E-state index is 9.58. The van der Waals surface area contributed by atoms with Crippen molar-refractivity contribution < 1.29 is 5.11 Å². The van der Waals surface area contributed by atoms with Crippen molar-refractivity contribution in [3.05, 3.63) is 30.3 Å². The lowest BCUT2D eigenvalue weighted by Crippen LogP contribution is -2.57. The number of benzene rings is 1. The van der Waals surface area contributed by atoms with Gasteiger partial charge in [0.2, 0.25) is 0 Å². The fourth-order valence-corrected chi connectivity index (χ4v) is 2.89. The number of piperazine rings is 1. The van der Waals surface area contributed by atoms with Gasteiger partial charge in [0.1, 0.15) is 0 Å². The molecular formula is C16H27N3O. The summed E-state index contributed by atoms with van der Waals surface area (Å²) in [6, 6.07) is 10.6. The molecule has 4 nitrogen and oxygen atoms in total. The van der Waals surface area contributed by atoms with Gasteiger partial charge in [-0.25, -0.2) is 0 Å². The molecule has 2 N–H and O–H groups in total. The average molecular weight is 277 g/mol. The molecule has 1 unspecified atom stereocenters. The molecule has 0 spiro atoms. The largest absolute Gasteiger partial charge is 0.394 e. The first-order chi connectivity index (χ1) is 9.67. The van der Waals surface area contributed by atoms with Crippen LogP contribution in [0.25, 0.3) is 0 Å². The minimum Gasteiger partial charge on any atom is -0.394 e. The highest BCUT2D eigenvalue weighted by molar-refractivity contribution is 5.46. The van der Waals surface area contributed by atoms with E-state index < -0.39 is 0 Å². The molecule has 0 amide bonds. The molecule has 1 fully saturated rings. The number of anilines is 1. The Morgan fingerprint density at radius 2 is 1.80 bits per heavy atom. The first-order valence-electron chi connectivity index (χ1n) is 7.55. The van der Waals surface area contributed by atoms with Crippen molar-refractivity contribution in [3.8, 4) is 0 Å². The van der Waals surface area contributed by atoms with Crippen molar-refractivity contribution >= 4 is 5.69 Å². The molecule has 2 rings (SSSR count). The van der Waals surface area contributed by atoms with Crippen LogP contribution in [0.5, 0.6) is 0 Å². The van der Waals surface area contributed by atoms with Crippen LogP contribution >= 0.6 is 0 Å². The minimum atomic E-state index is -0.191. The summed E-state index contributed by atoms with van der Waals surface area (Å²) in [4.78, 5) is 4.87. The number of nitrogens with zero attached hydrogens (tertiary/aromatic N) is 2. The molecule has 0 aromatic heterocycles. The highest BCUT2D eigenvalue weighted by atomic mass is 16.3. The zero-order valence-corrected chi connectivity index (χ0v) is 12.7. The van der Waals surface area contributed by atoms with Crippen LogP contribution in [0.4, 0.5) is 5.69 Å². The SMILES string of the molecule is CCNC(C)(CO)CN1CCN(c2ccccc2)CC1. The van der Waals surface area contributed by atoms with Gasteiger partial charge >= 0.3 is 0 Å². The van der Waals surface area contributed by atoms with Crippen molar-refractivity contribution in [1.29, 1.82) is 0 Å². The summed E-state index contributed by atoms with van der Waals surface area (Å²) in [5.41, 5.74) is 1.12. The van der Waals surface area contributed by atoms with Gasteiger partial charge in [-0.2, -0.15) is 0 Å². The van der Waals surface area contributed by atoms with Crippen LogP contribution in [0, 0.1) is 0 Å². The molecular weight excluding hydrogens is 250 g/mol. The van der Waals surface area contributed by atoms with Crippen LogP contribution in [-0.4, -0.2) is 61.4 Å². The monoisotopic (exact) mass is 277 g/mol. The van der Waals surface area contributed by atoms with E-state index in [1.807, 2.05) is 0 Å². The number of rotatable bonds is 6. The van der Waals surface area contributed by atoms with Gasteiger partial charge in [0, 0.05) is 38.4 Å². The van der Waals surface area contributed by atoms with Crippen LogP contribution in [0.1, 0.15) is 13.8 Å². The van der Waals surface area contributed by atoms with E-state index in [9.17, 15) is 5.11 Å². The number of hydrogen-bond donors (Lipinski definition) is 2. The summed E-state index contributed by atoms with van der Waals surface area (Å²) in [5.74, 6) is 0. The lowest BCUT2D eigenvalue weighted by atomic mass is 10.0. The molecule has 0 radical (unpaired) electrons. The Morgan fingerprint density at radius 3 is 2.35 bits per heavy atom. The van der Waals surface area contributed by atoms with Crippen LogP contribution < -0.4 is 10.2 Å². The standard InChI is InChI=1S/C16H27N3O/c1-3-17-16(2,14-20)13-18-9-11-19(12-10-18)15-7-5-4-6-8-15/h4-8,17,20H,3,9-14H2,1-2H3. The second-order valence-corrected chi connectivity index (χ2v) is 5.85. The lowest BCUT2D eigenvalue weighted by molar-refractivity contribution is 0.118. The fourth-order valence-electron chi connectivity index (χ4n) is 2.89. The van der Waals surface area contributed by atoms with Crippen molar-refractivity contribution in [2.24, 2.45) is 0 Å². The molecule has 1 heterocycles. The van der Waals surface area contributed by atoms with Gasteiger partial charge in [-0.3, -0.25) is 4.90 Å². The summed E-state index contributed by atoms with van der Waals surface area (Å²) in [6.07, 6.45) is 0. The number of aliphatic hydroxyl groups is 1. The highest BCUT2D eigenvalue weighted by Crippen LogP contribution is 2.16. The molecule has 20 heavy (non-hydrogen) atoms. The number of aliphatic hydroxyl groups excluding tert-OH is 1. The third kappa shape index (κ3) is 3.95. The molecule has 0 bridgehead atoms. The smallest absolute Gasteiger partial charge is 0.0623 e. The van der Waals surface area contributed by atoms with Crippen LogP contribution in [0.15, 0.2) is 30.3 Å². The Bertz CT molecular complexity index is 390. The summed E-state index contributed by atoms with van der Waals surface area (Å²) >= 11 is 0. The summed E-state index contributed by atoms with van der Waals surface area (Å²) < 4.78 is 0. The van der Waals surface area contributed by atoms with Gasteiger partial charge in [-0.1, -0.05) is 25.1 Å². The van der Waals surface area contributed by atoms with Crippen molar-refractivity contribution in [2.75, 3.05) is 50.8 Å². The Hall–Kier alpha value is -1.10. The quantitative estimate of drug-likeness (QED) is 0.819. The van der Waals surface area contributed by atoms with E-state index in [2.05, 4.69) is 59.3 Å². The predicted octanol–water partition coefficient (Wildman–Crippen LogP) is 1.17. The topological polar surface area (TPSA) is 38.7 Å². The molecule has 1 aromatic rings. The molecule has 0 saturated carbocycles. The predicted molar refractivity (Wildman–Crippen MR) is 84.3 cm³/mol. The average Bonchev–Trinajstić information content (AvgIpc) is 2.49. The maximum atomic E-state index is 9.58. The third-order valence-corrected chi connectivity index (χ3v) is 4.02. The Morgan fingerprint density at radius 1 is 1.15 bits per heavy atom. The van der Waals surface area contributed by atoms with E-state index in [4.69, 9.17) is 0 Å². The summed E-state index contributed by atoms with van der Waals surface area (Å²) in [7, 11) is 0. The second kappa shape index (κ2) is 7.07. The molecule has 4 heteroatoms. The van der Waals surface area contributed by atoms with Gasteiger partial charge in [0.05, 0.1) is 12.1 Å². The van der Waals surface area contributed by atoms with Crippen molar-refractivity contribution in [2.45, 2.75) is 19.4 Å². The second-order valence-electron chi connectivity index (χ2n) is 5.85. The van der Waals surface area contributed by atoms with Gasteiger partial charge in [0.25, 0.3) is 0 Å². The van der Waals surface area contributed by atoms with E-state index in [1.54, 1.807) is 0 Å². The van der Waals surface area contributed by atoms with E-state index in [1.165, 1.54) is 5.69 Å². The third-order valence-electron chi connectivity index (χ3n) is 4.02. The minimum absolute atomic E-state index is 0.180. The van der Waals surface area contributed by atoms with Gasteiger partial charge < -0.3 is 15.3 Å². The zero-order chi connectivity index (χ0) is 14.4. The molecule has 1 saturated heterocycles. The van der Waals surface area contributed by atoms with Crippen molar-refractivity contribution in [1.82, 2.24) is 10.2 Å². The van der Waals surface area contributed by atoms with Crippen LogP contribution in [-0.2, 0) is 0 Å². The van der Waals surface area contributed by atoms with Gasteiger partial charge in [-0.05, 0) is 25.6 Å². The number of para-hydroxylation sites is 1. The summed E-state index contributed by atoms with van der Waals surface area (Å²) in [5, 5.41) is 13.0. The normalized spacial score (nSPS) is 19.9. The van der Waals surface area contributed by atoms with Crippen molar-refractivity contribution in [3.63, 3.8) is 0 Å². The number of hydrogen-bond acceptors (Lipinski definition) is 4. The molecule has 0 aliphatic carbocycles. The van der Waals surface area contributed by atoms with E-state index in [-0.39, 0.29) is 12.1 Å².